The molecule has 0 spiro atoms. The number of unbranched alkanes of at least 4 members (excludes halogenated alkanes) is 2. The summed E-state index contributed by atoms with van der Waals surface area (Å²) in [6, 6.07) is 0. The number of rotatable bonds is 6. The molecular formula is C11H18O3. The molecule has 0 aliphatic heterocycles. The van der Waals surface area contributed by atoms with E-state index in [4.69, 9.17) is 4.74 Å². The van der Waals surface area contributed by atoms with Crippen molar-refractivity contribution in [1.82, 2.24) is 0 Å². The van der Waals surface area contributed by atoms with Gasteiger partial charge in [-0.2, -0.15) is 0 Å². The molecule has 1 aliphatic carbocycles. The third-order valence-corrected chi connectivity index (χ3v) is 2.59. The Morgan fingerprint density at radius 3 is 2.64 bits per heavy atom. The molecule has 0 bridgehead atoms. The van der Waals surface area contributed by atoms with Crippen molar-refractivity contribution < 1.29 is 14.3 Å². The van der Waals surface area contributed by atoms with E-state index >= 15 is 0 Å². The average Bonchev–Trinajstić information content (AvgIpc) is 2.07. The minimum Gasteiger partial charge on any atom is -0.466 e. The second-order valence-corrected chi connectivity index (χ2v) is 4.00. The van der Waals surface area contributed by atoms with Gasteiger partial charge in [0.25, 0.3) is 0 Å². The van der Waals surface area contributed by atoms with Gasteiger partial charge in [-0.1, -0.05) is 12.8 Å². The number of hydrogen-bond acceptors (Lipinski definition) is 3. The Labute approximate surface area is 84.8 Å². The van der Waals surface area contributed by atoms with E-state index in [1.807, 2.05) is 0 Å². The van der Waals surface area contributed by atoms with Crippen LogP contribution in [0.4, 0.5) is 0 Å². The normalized spacial score (nSPS) is 16.5. The van der Waals surface area contributed by atoms with E-state index in [-0.39, 0.29) is 5.97 Å². The number of carbonyl (C=O) groups excluding carboxylic acids is 2. The molecule has 0 heterocycles. The molecule has 80 valence electrons. The lowest BCUT2D eigenvalue weighted by Gasteiger charge is -2.23. The molecule has 0 aromatic carbocycles. The van der Waals surface area contributed by atoms with Gasteiger partial charge in [-0.25, -0.2) is 0 Å². The molecule has 1 aliphatic rings. The van der Waals surface area contributed by atoms with E-state index in [0.717, 1.165) is 38.5 Å². The molecule has 0 saturated heterocycles. The highest BCUT2D eigenvalue weighted by Gasteiger charge is 2.25. The number of hydrogen-bond donors (Lipinski definition) is 0. The standard InChI is InChI=1S/C11H18O3/c1-9(12)14-6-4-2-3-5-10-7-11(13)8-10/h10H,2-8H2,1H3. The number of ketones is 1. The molecule has 0 atom stereocenters. The monoisotopic (exact) mass is 198 g/mol. The zero-order valence-corrected chi connectivity index (χ0v) is 8.75. The summed E-state index contributed by atoms with van der Waals surface area (Å²) in [7, 11) is 0. The minimum atomic E-state index is -0.199. The van der Waals surface area contributed by atoms with Crippen LogP contribution in [0.25, 0.3) is 0 Å². The molecule has 1 saturated carbocycles. The number of Topliss-reactive ketones (excluding diaryl/α,β-unsaturated/α-hetero) is 1. The number of carbonyl (C=O) groups is 2. The zero-order chi connectivity index (χ0) is 10.4. The van der Waals surface area contributed by atoms with Crippen molar-refractivity contribution in [1.29, 1.82) is 0 Å². The van der Waals surface area contributed by atoms with Crippen LogP contribution in [0.5, 0.6) is 0 Å². The summed E-state index contributed by atoms with van der Waals surface area (Å²) in [5.41, 5.74) is 0. The molecule has 3 heteroatoms. The van der Waals surface area contributed by atoms with Crippen LogP contribution in [0, 0.1) is 5.92 Å². The summed E-state index contributed by atoms with van der Waals surface area (Å²) in [4.78, 5) is 21.1. The van der Waals surface area contributed by atoms with Crippen LogP contribution < -0.4 is 0 Å². The summed E-state index contributed by atoms with van der Waals surface area (Å²) < 4.78 is 4.81. The summed E-state index contributed by atoms with van der Waals surface area (Å²) in [6.07, 6.45) is 5.94. The van der Waals surface area contributed by atoms with Crippen molar-refractivity contribution in [2.24, 2.45) is 5.92 Å². The predicted octanol–water partition coefficient (Wildman–Crippen LogP) is 2.09. The first-order valence-corrected chi connectivity index (χ1v) is 5.33. The Balaban J connectivity index is 1.80. The van der Waals surface area contributed by atoms with E-state index < -0.39 is 0 Å². The Hall–Kier alpha value is -0.860. The maximum atomic E-state index is 10.7. The second kappa shape index (κ2) is 5.78. The quantitative estimate of drug-likeness (QED) is 0.485. The van der Waals surface area contributed by atoms with Gasteiger partial charge >= 0.3 is 5.97 Å². The Kier molecular flexibility index (Phi) is 4.63. The first kappa shape index (κ1) is 11.2. The lowest BCUT2D eigenvalue weighted by Crippen LogP contribution is -2.22. The van der Waals surface area contributed by atoms with Crippen LogP contribution >= 0.6 is 0 Å². The van der Waals surface area contributed by atoms with E-state index in [9.17, 15) is 9.59 Å². The van der Waals surface area contributed by atoms with Crippen molar-refractivity contribution in [3.8, 4) is 0 Å². The maximum Gasteiger partial charge on any atom is 0.302 e. The molecule has 3 nitrogen and oxygen atoms in total. The molecule has 0 N–H and O–H groups in total. The van der Waals surface area contributed by atoms with Crippen molar-refractivity contribution in [2.75, 3.05) is 6.61 Å². The molecule has 0 unspecified atom stereocenters. The smallest absolute Gasteiger partial charge is 0.302 e. The molecule has 0 amide bonds. The van der Waals surface area contributed by atoms with E-state index in [2.05, 4.69) is 0 Å². The van der Waals surface area contributed by atoms with E-state index in [1.165, 1.54) is 6.92 Å². The van der Waals surface area contributed by atoms with Gasteiger partial charge in [0.2, 0.25) is 0 Å². The van der Waals surface area contributed by atoms with Crippen LogP contribution in [0.2, 0.25) is 0 Å². The SMILES string of the molecule is CC(=O)OCCCCCC1CC(=O)C1. The van der Waals surface area contributed by atoms with Gasteiger partial charge in [-0.15, -0.1) is 0 Å². The third kappa shape index (κ3) is 4.40. The number of ether oxygens (including phenoxy) is 1. The zero-order valence-electron chi connectivity index (χ0n) is 8.75. The largest absolute Gasteiger partial charge is 0.466 e. The van der Waals surface area contributed by atoms with Gasteiger partial charge in [0.15, 0.2) is 0 Å². The van der Waals surface area contributed by atoms with Gasteiger partial charge in [0.1, 0.15) is 5.78 Å². The van der Waals surface area contributed by atoms with Crippen LogP contribution in [0.15, 0.2) is 0 Å². The highest BCUT2D eigenvalue weighted by Crippen LogP contribution is 2.27. The maximum absolute atomic E-state index is 10.7. The summed E-state index contributed by atoms with van der Waals surface area (Å²) in [6.45, 7) is 1.97. The predicted molar refractivity (Wildman–Crippen MR) is 52.8 cm³/mol. The van der Waals surface area contributed by atoms with Crippen molar-refractivity contribution in [2.45, 2.75) is 45.4 Å². The summed E-state index contributed by atoms with van der Waals surface area (Å²) in [5, 5.41) is 0. The van der Waals surface area contributed by atoms with Crippen molar-refractivity contribution in [3.63, 3.8) is 0 Å². The summed E-state index contributed by atoms with van der Waals surface area (Å²) in [5.74, 6) is 0.862. The van der Waals surface area contributed by atoms with Gasteiger partial charge < -0.3 is 4.74 Å². The van der Waals surface area contributed by atoms with Gasteiger partial charge in [0.05, 0.1) is 6.61 Å². The Bertz CT molecular complexity index is 203. The molecule has 0 aromatic heterocycles. The first-order valence-electron chi connectivity index (χ1n) is 5.33. The van der Waals surface area contributed by atoms with Crippen LogP contribution in [-0.4, -0.2) is 18.4 Å². The summed E-state index contributed by atoms with van der Waals surface area (Å²) >= 11 is 0. The van der Waals surface area contributed by atoms with Gasteiger partial charge in [-0.3, -0.25) is 9.59 Å². The minimum absolute atomic E-state index is 0.199. The molecule has 0 aromatic rings. The second-order valence-electron chi connectivity index (χ2n) is 4.00. The lowest BCUT2D eigenvalue weighted by molar-refractivity contribution is -0.141. The highest BCUT2D eigenvalue weighted by atomic mass is 16.5. The van der Waals surface area contributed by atoms with Crippen LogP contribution in [-0.2, 0) is 14.3 Å². The molecule has 14 heavy (non-hydrogen) atoms. The Morgan fingerprint density at radius 2 is 2.07 bits per heavy atom. The Morgan fingerprint density at radius 1 is 1.36 bits per heavy atom. The fourth-order valence-corrected chi connectivity index (χ4v) is 1.72. The van der Waals surface area contributed by atoms with Crippen LogP contribution in [0.3, 0.4) is 0 Å². The van der Waals surface area contributed by atoms with Crippen molar-refractivity contribution >= 4 is 11.8 Å². The third-order valence-electron chi connectivity index (χ3n) is 2.59. The topological polar surface area (TPSA) is 43.4 Å². The van der Waals surface area contributed by atoms with Crippen LogP contribution in [0.1, 0.15) is 45.4 Å². The van der Waals surface area contributed by atoms with E-state index in [1.54, 1.807) is 0 Å². The first-order chi connectivity index (χ1) is 6.68. The molecule has 0 radical (unpaired) electrons. The molecule has 1 fully saturated rings. The van der Waals surface area contributed by atoms with Gasteiger partial charge in [0, 0.05) is 19.8 Å². The van der Waals surface area contributed by atoms with Crippen molar-refractivity contribution in [3.05, 3.63) is 0 Å². The number of esters is 1. The van der Waals surface area contributed by atoms with Gasteiger partial charge in [-0.05, 0) is 18.8 Å². The fourth-order valence-electron chi connectivity index (χ4n) is 1.72. The molecule has 1 rings (SSSR count). The average molecular weight is 198 g/mol. The molecular weight excluding hydrogens is 180 g/mol. The highest BCUT2D eigenvalue weighted by molar-refractivity contribution is 5.84. The lowest BCUT2D eigenvalue weighted by atomic mass is 9.80. The fraction of sp³-hybridized carbons (Fsp3) is 0.818. The van der Waals surface area contributed by atoms with E-state index in [0.29, 0.717) is 18.3 Å².